The largest absolute Gasteiger partial charge is 0.480 e. The van der Waals surface area contributed by atoms with Crippen molar-refractivity contribution in [1.82, 2.24) is 9.88 Å². The van der Waals surface area contributed by atoms with Gasteiger partial charge in [0, 0.05) is 15.5 Å². The van der Waals surface area contributed by atoms with Crippen molar-refractivity contribution < 1.29 is 19.5 Å². The molecule has 1 aromatic heterocycles. The Morgan fingerprint density at radius 2 is 1.79 bits per heavy atom. The Labute approximate surface area is 176 Å². The highest BCUT2D eigenvalue weighted by molar-refractivity contribution is 8.00. The number of carboxylic acids is 1. The zero-order valence-corrected chi connectivity index (χ0v) is 18.3. The second-order valence-corrected chi connectivity index (χ2v) is 11.9. The van der Waals surface area contributed by atoms with Crippen LogP contribution in [-0.4, -0.2) is 44.1 Å². The van der Waals surface area contributed by atoms with Gasteiger partial charge in [-0.3, -0.25) is 19.3 Å². The smallest absolute Gasteiger partial charge is 0.327 e. The molecule has 0 spiro atoms. The number of H-pyrrole nitrogens is 1. The third kappa shape index (κ3) is 2.31. The molecule has 1 saturated heterocycles. The van der Waals surface area contributed by atoms with Gasteiger partial charge in [0.1, 0.15) is 6.04 Å². The molecular formula is C20H24N2O5S2. The summed E-state index contributed by atoms with van der Waals surface area (Å²) in [4.78, 5) is 55.4. The quantitative estimate of drug-likeness (QED) is 0.703. The zero-order valence-electron chi connectivity index (χ0n) is 16.7. The average Bonchev–Trinajstić information content (AvgIpc) is 3.32. The first-order valence-corrected chi connectivity index (χ1v) is 11.7. The molecule has 2 bridgehead atoms. The number of aliphatic carboxylic acids is 1. The van der Waals surface area contributed by atoms with E-state index in [2.05, 4.69) is 18.8 Å². The van der Waals surface area contributed by atoms with Gasteiger partial charge in [-0.1, -0.05) is 39.0 Å². The number of carbonyl (C=O) groups excluding carboxylic acids is 2. The zero-order chi connectivity index (χ0) is 21.0. The Kier molecular flexibility index (Phi) is 3.98. The number of hydrogen-bond donors (Lipinski definition) is 2. The number of aromatic amines is 1. The monoisotopic (exact) mass is 436 g/mol. The molecule has 3 fully saturated rings. The van der Waals surface area contributed by atoms with E-state index in [1.807, 2.05) is 0 Å². The number of thiazole rings is 1. The molecule has 7 atom stereocenters. The lowest BCUT2D eigenvalue weighted by molar-refractivity contribution is -0.157. The summed E-state index contributed by atoms with van der Waals surface area (Å²) in [5, 5.41) is 10.7. The molecule has 9 heteroatoms. The van der Waals surface area contributed by atoms with Crippen LogP contribution in [0.4, 0.5) is 0 Å². The molecule has 156 valence electrons. The van der Waals surface area contributed by atoms with Crippen LogP contribution >= 0.6 is 23.1 Å². The molecule has 4 aliphatic rings. The van der Waals surface area contributed by atoms with E-state index >= 15 is 0 Å². The average molecular weight is 437 g/mol. The second-order valence-electron chi connectivity index (χ2n) is 9.69. The van der Waals surface area contributed by atoms with E-state index in [9.17, 15) is 24.3 Å². The van der Waals surface area contributed by atoms with Crippen LogP contribution in [0.3, 0.4) is 0 Å². The van der Waals surface area contributed by atoms with Gasteiger partial charge in [-0.15, -0.1) is 11.8 Å². The molecule has 0 radical (unpaired) electrons. The highest BCUT2D eigenvalue weighted by atomic mass is 32.2. The highest BCUT2D eigenvalue weighted by Gasteiger charge is 2.71. The van der Waals surface area contributed by atoms with Crippen molar-refractivity contribution in [3.63, 3.8) is 0 Å². The molecule has 3 heterocycles. The molecule has 1 aromatic rings. The molecule has 0 aromatic carbocycles. The minimum Gasteiger partial charge on any atom is -0.480 e. The highest BCUT2D eigenvalue weighted by Crippen LogP contribution is 2.69. The van der Waals surface area contributed by atoms with Crippen LogP contribution in [0.25, 0.3) is 0 Å². The predicted molar refractivity (Wildman–Crippen MR) is 108 cm³/mol. The lowest BCUT2D eigenvalue weighted by Gasteiger charge is -2.47. The summed E-state index contributed by atoms with van der Waals surface area (Å²) in [7, 11) is 0. The second kappa shape index (κ2) is 5.97. The minimum atomic E-state index is -1.12. The van der Waals surface area contributed by atoms with E-state index in [0.717, 1.165) is 21.2 Å². The summed E-state index contributed by atoms with van der Waals surface area (Å²) >= 11 is 2.89. The van der Waals surface area contributed by atoms with Crippen molar-refractivity contribution in [3.05, 3.63) is 14.5 Å². The predicted octanol–water partition coefficient (Wildman–Crippen LogP) is 2.16. The van der Waals surface area contributed by atoms with Crippen LogP contribution in [0, 0.1) is 35.5 Å². The first-order chi connectivity index (χ1) is 13.6. The van der Waals surface area contributed by atoms with Gasteiger partial charge in [0.2, 0.25) is 11.8 Å². The molecule has 0 unspecified atom stereocenters. The normalized spacial score (nSPS) is 37.6. The van der Waals surface area contributed by atoms with Crippen molar-refractivity contribution in [2.75, 3.05) is 0 Å². The minimum absolute atomic E-state index is 0.0406. The van der Waals surface area contributed by atoms with Gasteiger partial charge in [0.15, 0.2) is 0 Å². The number of rotatable bonds is 3. The Bertz CT molecular complexity index is 995. The summed E-state index contributed by atoms with van der Waals surface area (Å²) in [5.74, 6) is -2.66. The number of amides is 2. The number of imide groups is 1. The number of aromatic nitrogens is 1. The molecule has 7 nitrogen and oxygen atoms in total. The fourth-order valence-electron chi connectivity index (χ4n) is 6.64. The van der Waals surface area contributed by atoms with Crippen molar-refractivity contribution >= 4 is 40.9 Å². The molecule has 2 N–H and O–H groups in total. The Hall–Kier alpha value is -1.61. The summed E-state index contributed by atoms with van der Waals surface area (Å²) in [5.41, 5.74) is -0.263. The first-order valence-electron chi connectivity index (χ1n) is 10.1. The lowest BCUT2D eigenvalue weighted by Crippen LogP contribution is -2.49. The van der Waals surface area contributed by atoms with Crippen molar-refractivity contribution in [3.8, 4) is 0 Å². The molecule has 2 aliphatic carbocycles. The number of thioether (sulfide) groups is 1. The van der Waals surface area contributed by atoms with Gasteiger partial charge in [-0.05, 0) is 30.1 Å². The van der Waals surface area contributed by atoms with Crippen molar-refractivity contribution in [2.24, 2.45) is 35.5 Å². The van der Waals surface area contributed by atoms with E-state index in [0.29, 0.717) is 0 Å². The molecule has 2 amide bonds. The van der Waals surface area contributed by atoms with Gasteiger partial charge in [0.25, 0.3) is 0 Å². The topological polar surface area (TPSA) is 108 Å². The summed E-state index contributed by atoms with van der Waals surface area (Å²) in [6.07, 6.45) is 0.824. The number of likely N-dealkylation sites (tertiary alicyclic amines) is 1. The van der Waals surface area contributed by atoms with Crippen LogP contribution in [0.2, 0.25) is 0 Å². The van der Waals surface area contributed by atoms with E-state index in [1.165, 1.54) is 11.3 Å². The maximum Gasteiger partial charge on any atom is 0.327 e. The summed E-state index contributed by atoms with van der Waals surface area (Å²) < 4.78 is 0. The number of hydrogen-bond acceptors (Lipinski definition) is 6. The maximum absolute atomic E-state index is 13.4. The Balaban J connectivity index is 1.56. The molecule has 2 aliphatic heterocycles. The standard InChI is InChI=1S/C20H24N2O5S2/c1-6(2)12(18(25)26)22-16(23)9-7-5-8(10(9)17(22)24)13-11(7)20(3,4)14-15(28-13)21-19(27)29-14/h6-13H,5H2,1-4H3,(H,21,27)(H,25,26)/t7-,8+,9-,10+,11-,12+,13+/m0/s1. The number of fused-ring (bicyclic) bond motifs is 9. The SMILES string of the molecule is CC(C)[C@H](C(=O)O)N1C(=O)[C@@H]2[C@H]3C[C@@H]([C@@H]2C1=O)[C@H]1[C@@H]3Sc2[nH]c(=O)sc2C1(C)C. The molecular weight excluding hydrogens is 412 g/mol. The number of nitrogens with one attached hydrogen (secondary N) is 1. The van der Waals surface area contributed by atoms with Crippen LogP contribution in [-0.2, 0) is 19.8 Å². The van der Waals surface area contributed by atoms with E-state index < -0.39 is 23.8 Å². The number of carboxylic acid groups (broad SMARTS) is 1. The van der Waals surface area contributed by atoms with Crippen LogP contribution < -0.4 is 4.87 Å². The summed E-state index contributed by atoms with van der Waals surface area (Å²) in [6.45, 7) is 7.73. The lowest BCUT2D eigenvalue weighted by atomic mass is 9.64. The van der Waals surface area contributed by atoms with Gasteiger partial charge >= 0.3 is 10.8 Å². The van der Waals surface area contributed by atoms with Gasteiger partial charge in [-0.25, -0.2) is 4.79 Å². The van der Waals surface area contributed by atoms with Crippen LogP contribution in [0.15, 0.2) is 9.82 Å². The van der Waals surface area contributed by atoms with Crippen molar-refractivity contribution in [2.45, 2.75) is 55.8 Å². The van der Waals surface area contributed by atoms with Gasteiger partial charge in [-0.2, -0.15) is 0 Å². The third-order valence-corrected chi connectivity index (χ3v) is 10.4. The summed E-state index contributed by atoms with van der Waals surface area (Å²) in [6, 6.07) is -1.11. The molecule has 2 saturated carbocycles. The first kappa shape index (κ1) is 19.4. The fourth-order valence-corrected chi connectivity index (χ4v) is 9.80. The van der Waals surface area contributed by atoms with E-state index in [1.54, 1.807) is 25.6 Å². The molecule has 29 heavy (non-hydrogen) atoms. The maximum atomic E-state index is 13.4. The Morgan fingerprint density at radius 1 is 1.17 bits per heavy atom. The number of carbonyl (C=O) groups is 3. The molecule has 5 rings (SSSR count). The van der Waals surface area contributed by atoms with E-state index in [4.69, 9.17) is 0 Å². The fraction of sp³-hybridized carbons (Fsp3) is 0.700. The van der Waals surface area contributed by atoms with Crippen molar-refractivity contribution in [1.29, 1.82) is 0 Å². The number of nitrogens with zero attached hydrogens (tertiary/aromatic N) is 1. The van der Waals surface area contributed by atoms with Gasteiger partial charge in [0.05, 0.1) is 16.9 Å². The third-order valence-electron chi connectivity index (χ3n) is 7.59. The van der Waals surface area contributed by atoms with E-state index in [-0.39, 0.29) is 51.0 Å². The van der Waals surface area contributed by atoms with Crippen LogP contribution in [0.1, 0.15) is 39.0 Å². The Morgan fingerprint density at radius 3 is 2.38 bits per heavy atom. The van der Waals surface area contributed by atoms with Gasteiger partial charge < -0.3 is 10.1 Å². The van der Waals surface area contributed by atoms with Crippen LogP contribution in [0.5, 0.6) is 0 Å².